The number of anilines is 1. The lowest BCUT2D eigenvalue weighted by Gasteiger charge is -2.08. The molecule has 0 saturated heterocycles. The molecule has 112 valence electrons. The number of furan rings is 1. The third-order valence-electron chi connectivity index (χ3n) is 3.06. The topological polar surface area (TPSA) is 67.2 Å². The molecule has 0 unspecified atom stereocenters. The van der Waals surface area contributed by atoms with Crippen LogP contribution in [0.2, 0.25) is 0 Å². The van der Waals surface area contributed by atoms with Crippen molar-refractivity contribution in [3.05, 3.63) is 48.0 Å². The Morgan fingerprint density at radius 2 is 2.19 bits per heavy atom. The van der Waals surface area contributed by atoms with E-state index in [4.69, 9.17) is 4.42 Å². The minimum atomic E-state index is -0.160. The van der Waals surface area contributed by atoms with E-state index >= 15 is 0 Å². The van der Waals surface area contributed by atoms with Gasteiger partial charge in [-0.25, -0.2) is 4.98 Å². The molecule has 1 amide bonds. The van der Waals surface area contributed by atoms with Gasteiger partial charge in [-0.3, -0.25) is 4.79 Å². The third kappa shape index (κ3) is 4.95. The third-order valence-corrected chi connectivity index (χ3v) is 3.06. The molecule has 2 rings (SSSR count). The van der Waals surface area contributed by atoms with Gasteiger partial charge in [-0.15, -0.1) is 0 Å². The van der Waals surface area contributed by atoms with E-state index in [0.29, 0.717) is 18.0 Å². The number of aromatic nitrogens is 1. The monoisotopic (exact) mass is 287 g/mol. The normalized spacial score (nSPS) is 10.6. The van der Waals surface area contributed by atoms with Crippen molar-refractivity contribution in [2.24, 2.45) is 5.92 Å². The molecule has 5 nitrogen and oxygen atoms in total. The van der Waals surface area contributed by atoms with Crippen molar-refractivity contribution in [1.29, 1.82) is 0 Å². The zero-order chi connectivity index (χ0) is 15.1. The molecule has 0 fully saturated rings. The van der Waals surface area contributed by atoms with E-state index in [1.807, 2.05) is 12.1 Å². The average molecular weight is 287 g/mol. The van der Waals surface area contributed by atoms with Gasteiger partial charge in [0.25, 0.3) is 5.91 Å². The first kappa shape index (κ1) is 15.1. The van der Waals surface area contributed by atoms with Crippen LogP contribution in [-0.2, 0) is 6.54 Å². The number of carbonyl (C=O) groups excluding carboxylic acids is 1. The van der Waals surface area contributed by atoms with Gasteiger partial charge >= 0.3 is 0 Å². The fourth-order valence-electron chi connectivity index (χ4n) is 1.80. The molecule has 21 heavy (non-hydrogen) atoms. The summed E-state index contributed by atoms with van der Waals surface area (Å²) in [5.41, 5.74) is 0.538. The van der Waals surface area contributed by atoms with Gasteiger partial charge in [-0.1, -0.05) is 13.8 Å². The molecule has 0 aliphatic heterocycles. The number of hydrogen-bond acceptors (Lipinski definition) is 4. The minimum absolute atomic E-state index is 0.160. The van der Waals surface area contributed by atoms with E-state index in [1.165, 1.54) is 0 Å². The Hall–Kier alpha value is -2.30. The first-order chi connectivity index (χ1) is 10.1. The SMILES string of the molecule is CC(C)CCNc1ccc(C(=O)NCc2ccco2)cn1. The molecule has 0 atom stereocenters. The molecule has 2 N–H and O–H groups in total. The summed E-state index contributed by atoms with van der Waals surface area (Å²) in [6, 6.07) is 7.20. The van der Waals surface area contributed by atoms with Crippen LogP contribution in [0, 0.1) is 5.92 Å². The quantitative estimate of drug-likeness (QED) is 0.821. The lowest BCUT2D eigenvalue weighted by atomic mass is 10.1. The molecule has 2 heterocycles. The second-order valence-electron chi connectivity index (χ2n) is 5.30. The van der Waals surface area contributed by atoms with E-state index in [0.717, 1.165) is 24.5 Å². The van der Waals surface area contributed by atoms with Crippen molar-refractivity contribution in [3.8, 4) is 0 Å². The molecule has 0 spiro atoms. The maximum atomic E-state index is 11.9. The number of nitrogens with zero attached hydrogens (tertiary/aromatic N) is 1. The predicted molar refractivity (Wildman–Crippen MR) is 82.1 cm³/mol. The number of nitrogens with one attached hydrogen (secondary N) is 2. The summed E-state index contributed by atoms with van der Waals surface area (Å²) in [5, 5.41) is 6.02. The molecule has 0 aliphatic rings. The van der Waals surface area contributed by atoms with Gasteiger partial charge in [0.1, 0.15) is 11.6 Å². The van der Waals surface area contributed by atoms with Crippen molar-refractivity contribution in [2.45, 2.75) is 26.8 Å². The molecule has 5 heteroatoms. The lowest BCUT2D eigenvalue weighted by Crippen LogP contribution is -2.22. The van der Waals surface area contributed by atoms with Gasteiger partial charge in [0.2, 0.25) is 0 Å². The predicted octanol–water partition coefficient (Wildman–Crippen LogP) is 3.06. The Kier molecular flexibility index (Phi) is 5.37. The fourth-order valence-corrected chi connectivity index (χ4v) is 1.80. The Balaban J connectivity index is 1.82. The Labute approximate surface area is 124 Å². The highest BCUT2D eigenvalue weighted by Crippen LogP contribution is 2.07. The maximum Gasteiger partial charge on any atom is 0.253 e. The van der Waals surface area contributed by atoms with Crippen LogP contribution in [0.25, 0.3) is 0 Å². The van der Waals surface area contributed by atoms with Crippen LogP contribution in [0.5, 0.6) is 0 Å². The van der Waals surface area contributed by atoms with Gasteiger partial charge in [0.15, 0.2) is 0 Å². The van der Waals surface area contributed by atoms with Crippen molar-refractivity contribution in [3.63, 3.8) is 0 Å². The largest absolute Gasteiger partial charge is 0.467 e. The minimum Gasteiger partial charge on any atom is -0.467 e. The highest BCUT2D eigenvalue weighted by Gasteiger charge is 2.06. The summed E-state index contributed by atoms with van der Waals surface area (Å²) in [4.78, 5) is 16.2. The van der Waals surface area contributed by atoms with Crippen LogP contribution in [0.1, 0.15) is 36.4 Å². The van der Waals surface area contributed by atoms with E-state index in [-0.39, 0.29) is 5.91 Å². The van der Waals surface area contributed by atoms with Crippen molar-refractivity contribution >= 4 is 11.7 Å². The summed E-state index contributed by atoms with van der Waals surface area (Å²) in [6.07, 6.45) is 4.25. The summed E-state index contributed by atoms with van der Waals surface area (Å²) >= 11 is 0. The van der Waals surface area contributed by atoms with Crippen molar-refractivity contribution in [1.82, 2.24) is 10.3 Å². The number of hydrogen-bond donors (Lipinski definition) is 2. The average Bonchev–Trinajstić information content (AvgIpc) is 2.98. The Bertz CT molecular complexity index is 547. The highest BCUT2D eigenvalue weighted by atomic mass is 16.3. The molecule has 0 bridgehead atoms. The van der Waals surface area contributed by atoms with E-state index in [2.05, 4.69) is 29.5 Å². The molecular formula is C16H21N3O2. The smallest absolute Gasteiger partial charge is 0.253 e. The first-order valence-electron chi connectivity index (χ1n) is 7.15. The standard InChI is InChI=1S/C16H21N3O2/c1-12(2)7-8-17-15-6-5-13(10-18-15)16(20)19-11-14-4-3-9-21-14/h3-6,9-10,12H,7-8,11H2,1-2H3,(H,17,18)(H,19,20). The van der Waals surface area contributed by atoms with Gasteiger partial charge < -0.3 is 15.1 Å². The van der Waals surface area contributed by atoms with Gasteiger partial charge in [0, 0.05) is 12.7 Å². The Morgan fingerprint density at radius 1 is 1.33 bits per heavy atom. The molecule has 0 radical (unpaired) electrons. The maximum absolute atomic E-state index is 11.9. The molecule has 0 aromatic carbocycles. The molecule has 0 aliphatic carbocycles. The van der Waals surface area contributed by atoms with Crippen LogP contribution >= 0.6 is 0 Å². The zero-order valence-electron chi connectivity index (χ0n) is 12.4. The number of pyridine rings is 1. The van der Waals surface area contributed by atoms with Gasteiger partial charge in [0.05, 0.1) is 18.4 Å². The van der Waals surface area contributed by atoms with Crippen LogP contribution in [0.15, 0.2) is 41.1 Å². The fraction of sp³-hybridized carbons (Fsp3) is 0.375. The summed E-state index contributed by atoms with van der Waals surface area (Å²) in [5.74, 6) is 2.01. The van der Waals surface area contributed by atoms with E-state index < -0.39 is 0 Å². The number of carbonyl (C=O) groups is 1. The van der Waals surface area contributed by atoms with E-state index in [9.17, 15) is 4.79 Å². The lowest BCUT2D eigenvalue weighted by molar-refractivity contribution is 0.0947. The van der Waals surface area contributed by atoms with Crippen LogP contribution < -0.4 is 10.6 Å². The van der Waals surface area contributed by atoms with Crippen LogP contribution in [-0.4, -0.2) is 17.4 Å². The highest BCUT2D eigenvalue weighted by molar-refractivity contribution is 5.93. The summed E-state index contributed by atoms with van der Waals surface area (Å²) in [7, 11) is 0. The van der Waals surface area contributed by atoms with Gasteiger partial charge in [-0.2, -0.15) is 0 Å². The Morgan fingerprint density at radius 3 is 2.81 bits per heavy atom. The number of rotatable bonds is 7. The molecular weight excluding hydrogens is 266 g/mol. The van der Waals surface area contributed by atoms with Crippen molar-refractivity contribution < 1.29 is 9.21 Å². The molecule has 2 aromatic heterocycles. The van der Waals surface area contributed by atoms with E-state index in [1.54, 1.807) is 24.6 Å². The second kappa shape index (κ2) is 7.47. The van der Waals surface area contributed by atoms with Crippen molar-refractivity contribution in [2.75, 3.05) is 11.9 Å². The van der Waals surface area contributed by atoms with Crippen LogP contribution in [0.3, 0.4) is 0 Å². The molecule has 2 aromatic rings. The zero-order valence-corrected chi connectivity index (χ0v) is 12.4. The second-order valence-corrected chi connectivity index (χ2v) is 5.30. The van der Waals surface area contributed by atoms with Crippen LogP contribution in [0.4, 0.5) is 5.82 Å². The van der Waals surface area contributed by atoms with Gasteiger partial charge in [-0.05, 0) is 36.6 Å². The molecule has 0 saturated carbocycles. The number of amides is 1. The summed E-state index contributed by atoms with van der Waals surface area (Å²) in [6.45, 7) is 5.62. The first-order valence-corrected chi connectivity index (χ1v) is 7.15. The summed E-state index contributed by atoms with van der Waals surface area (Å²) < 4.78 is 5.16.